The van der Waals surface area contributed by atoms with Gasteiger partial charge in [0.25, 0.3) is 0 Å². The summed E-state index contributed by atoms with van der Waals surface area (Å²) in [7, 11) is 0. The second-order valence-electron chi connectivity index (χ2n) is 7.62. The first kappa shape index (κ1) is 16.3. The maximum Gasteiger partial charge on any atom is 0.222 e. The van der Waals surface area contributed by atoms with E-state index >= 15 is 0 Å². The molecule has 3 fully saturated rings. The number of carbonyl (C=O) groups excluding carboxylic acids is 1. The number of amides is 1. The number of hydrogen-bond donors (Lipinski definition) is 0. The second-order valence-corrected chi connectivity index (χ2v) is 7.62. The highest BCUT2D eigenvalue weighted by Crippen LogP contribution is 2.27. The zero-order valence-corrected chi connectivity index (χ0v) is 14.5. The minimum atomic E-state index is 0.334. The van der Waals surface area contributed by atoms with Gasteiger partial charge in [-0.25, -0.2) is 0 Å². The summed E-state index contributed by atoms with van der Waals surface area (Å²) in [6, 6.07) is 1.56. The predicted molar refractivity (Wildman–Crippen MR) is 89.8 cm³/mol. The fourth-order valence-electron chi connectivity index (χ4n) is 4.62. The van der Waals surface area contributed by atoms with Gasteiger partial charge in [-0.05, 0) is 57.7 Å². The van der Waals surface area contributed by atoms with Gasteiger partial charge in [-0.3, -0.25) is 4.79 Å². The number of piperidine rings is 2. The Morgan fingerprint density at radius 1 is 0.864 bits per heavy atom. The van der Waals surface area contributed by atoms with Crippen LogP contribution in [0.2, 0.25) is 0 Å². The van der Waals surface area contributed by atoms with Crippen molar-refractivity contribution < 1.29 is 4.79 Å². The van der Waals surface area contributed by atoms with Crippen molar-refractivity contribution in [2.75, 3.05) is 39.3 Å². The lowest BCUT2D eigenvalue weighted by Crippen LogP contribution is -2.51. The van der Waals surface area contributed by atoms with Gasteiger partial charge in [0.2, 0.25) is 5.91 Å². The maximum absolute atomic E-state index is 11.8. The molecule has 4 nitrogen and oxygen atoms in total. The number of hydrogen-bond acceptors (Lipinski definition) is 3. The highest BCUT2D eigenvalue weighted by molar-refractivity contribution is 5.75. The largest absolute Gasteiger partial charge is 0.343 e. The molecule has 3 saturated heterocycles. The monoisotopic (exact) mass is 307 g/mol. The molecule has 0 bridgehead atoms. The molecule has 1 amide bonds. The first-order valence-electron chi connectivity index (χ1n) is 9.43. The molecule has 22 heavy (non-hydrogen) atoms. The summed E-state index contributed by atoms with van der Waals surface area (Å²) in [6.45, 7) is 11.5. The predicted octanol–water partition coefficient (Wildman–Crippen LogP) is 2.19. The van der Waals surface area contributed by atoms with Crippen molar-refractivity contribution in [1.29, 1.82) is 0 Å². The molecule has 126 valence electrons. The van der Waals surface area contributed by atoms with E-state index in [4.69, 9.17) is 0 Å². The molecule has 3 heterocycles. The van der Waals surface area contributed by atoms with Gasteiger partial charge in [-0.2, -0.15) is 0 Å². The summed E-state index contributed by atoms with van der Waals surface area (Å²) in [5.74, 6) is 1.23. The Hall–Kier alpha value is -0.610. The summed E-state index contributed by atoms with van der Waals surface area (Å²) < 4.78 is 0. The molecular formula is C18H33N3O. The molecule has 3 aliphatic heterocycles. The average Bonchev–Trinajstić information content (AvgIpc) is 3.01. The number of nitrogens with zero attached hydrogens (tertiary/aromatic N) is 3. The van der Waals surface area contributed by atoms with E-state index in [1.165, 1.54) is 58.3 Å². The van der Waals surface area contributed by atoms with E-state index < -0.39 is 0 Å². The molecule has 4 heteroatoms. The zero-order chi connectivity index (χ0) is 15.5. The Morgan fingerprint density at radius 2 is 1.41 bits per heavy atom. The minimum Gasteiger partial charge on any atom is -0.343 e. The first-order valence-corrected chi connectivity index (χ1v) is 9.43. The van der Waals surface area contributed by atoms with Crippen molar-refractivity contribution in [3.63, 3.8) is 0 Å². The van der Waals surface area contributed by atoms with Crippen LogP contribution in [0.3, 0.4) is 0 Å². The molecule has 3 aliphatic rings. The van der Waals surface area contributed by atoms with Crippen LogP contribution < -0.4 is 0 Å². The van der Waals surface area contributed by atoms with Crippen LogP contribution in [0.25, 0.3) is 0 Å². The van der Waals surface area contributed by atoms with Gasteiger partial charge < -0.3 is 14.7 Å². The van der Waals surface area contributed by atoms with Crippen molar-refractivity contribution in [2.45, 2.75) is 64.5 Å². The Bertz CT molecular complexity index is 371. The summed E-state index contributed by atoms with van der Waals surface area (Å²) in [6.07, 6.45) is 7.10. The zero-order valence-electron chi connectivity index (χ0n) is 14.5. The molecule has 3 rings (SSSR count). The maximum atomic E-state index is 11.8. The highest BCUT2D eigenvalue weighted by Gasteiger charge is 2.32. The van der Waals surface area contributed by atoms with E-state index in [1.807, 2.05) is 6.92 Å². The van der Waals surface area contributed by atoms with Crippen LogP contribution in [0.5, 0.6) is 0 Å². The van der Waals surface area contributed by atoms with Crippen LogP contribution in [0.4, 0.5) is 0 Å². The Labute approximate surface area is 135 Å². The molecule has 0 aromatic rings. The molecule has 0 aromatic carbocycles. The van der Waals surface area contributed by atoms with Crippen molar-refractivity contribution in [3.05, 3.63) is 0 Å². The molecule has 1 unspecified atom stereocenters. The van der Waals surface area contributed by atoms with Crippen molar-refractivity contribution >= 4 is 5.91 Å². The van der Waals surface area contributed by atoms with Gasteiger partial charge in [0.15, 0.2) is 0 Å². The average molecular weight is 307 g/mol. The molecule has 0 radical (unpaired) electrons. The van der Waals surface area contributed by atoms with E-state index in [1.54, 1.807) is 0 Å². The smallest absolute Gasteiger partial charge is 0.222 e. The first-order chi connectivity index (χ1) is 10.7. The van der Waals surface area contributed by atoms with Gasteiger partial charge in [-0.15, -0.1) is 0 Å². The van der Waals surface area contributed by atoms with Gasteiger partial charge in [0.05, 0.1) is 0 Å². The summed E-state index contributed by atoms with van der Waals surface area (Å²) in [4.78, 5) is 19.3. The topological polar surface area (TPSA) is 26.8 Å². The molecule has 0 spiro atoms. The number of rotatable bonds is 3. The number of carbonyl (C=O) groups is 1. The molecule has 0 saturated carbocycles. The van der Waals surface area contributed by atoms with Crippen LogP contribution in [0, 0.1) is 5.92 Å². The Balaban J connectivity index is 1.42. The van der Waals surface area contributed by atoms with Crippen LogP contribution in [0.15, 0.2) is 0 Å². The lowest BCUT2D eigenvalue weighted by molar-refractivity contribution is -0.132. The van der Waals surface area contributed by atoms with E-state index in [-0.39, 0.29) is 0 Å². The van der Waals surface area contributed by atoms with E-state index in [0.29, 0.717) is 12.3 Å². The van der Waals surface area contributed by atoms with E-state index in [9.17, 15) is 4.79 Å². The summed E-state index contributed by atoms with van der Waals surface area (Å²) in [5, 5.41) is 0. The second kappa shape index (κ2) is 7.31. The molecule has 0 N–H and O–H groups in total. The third-order valence-corrected chi connectivity index (χ3v) is 6.11. The quantitative estimate of drug-likeness (QED) is 0.800. The van der Waals surface area contributed by atoms with Crippen LogP contribution in [0.1, 0.15) is 52.4 Å². The fraction of sp³-hybridized carbons (Fsp3) is 0.944. The van der Waals surface area contributed by atoms with E-state index in [2.05, 4.69) is 21.6 Å². The van der Waals surface area contributed by atoms with Crippen molar-refractivity contribution in [2.24, 2.45) is 5.92 Å². The van der Waals surface area contributed by atoms with Gasteiger partial charge in [0.1, 0.15) is 0 Å². The van der Waals surface area contributed by atoms with E-state index in [0.717, 1.165) is 31.1 Å². The molecule has 1 atom stereocenters. The normalized spacial score (nSPS) is 30.1. The lowest BCUT2D eigenvalue weighted by Gasteiger charge is -2.43. The third kappa shape index (κ3) is 3.65. The van der Waals surface area contributed by atoms with Crippen LogP contribution in [-0.2, 0) is 4.79 Å². The van der Waals surface area contributed by atoms with Crippen molar-refractivity contribution in [3.8, 4) is 0 Å². The minimum absolute atomic E-state index is 0.334. The van der Waals surface area contributed by atoms with Gasteiger partial charge >= 0.3 is 0 Å². The summed E-state index contributed by atoms with van der Waals surface area (Å²) >= 11 is 0. The fourth-order valence-corrected chi connectivity index (χ4v) is 4.62. The molecular weight excluding hydrogens is 274 g/mol. The van der Waals surface area contributed by atoms with Crippen molar-refractivity contribution in [1.82, 2.24) is 14.7 Å². The number of likely N-dealkylation sites (tertiary alicyclic amines) is 3. The highest BCUT2D eigenvalue weighted by atomic mass is 16.2. The molecule has 0 aromatic heterocycles. The van der Waals surface area contributed by atoms with Gasteiger partial charge in [0, 0.05) is 38.1 Å². The van der Waals surface area contributed by atoms with Crippen LogP contribution in [-0.4, -0.2) is 72.0 Å². The third-order valence-electron chi connectivity index (χ3n) is 6.11. The Morgan fingerprint density at radius 3 is 1.95 bits per heavy atom. The molecule has 0 aliphatic carbocycles. The standard InChI is InChI=1S/C18H33N3O/c1-3-18(22)20-12-7-16(8-13-20)19-10-5-17(6-11-19)21-9-4-15(2)14-21/h15-17H,3-14H2,1-2H3. The summed E-state index contributed by atoms with van der Waals surface area (Å²) in [5.41, 5.74) is 0. The van der Waals surface area contributed by atoms with Crippen LogP contribution >= 0.6 is 0 Å². The lowest BCUT2D eigenvalue weighted by atomic mass is 9.97. The SMILES string of the molecule is CCC(=O)N1CCC(N2CCC(N3CCC(C)C3)CC2)CC1. The Kier molecular flexibility index (Phi) is 5.40. The van der Waals surface area contributed by atoms with Gasteiger partial charge in [-0.1, -0.05) is 13.8 Å².